The summed E-state index contributed by atoms with van der Waals surface area (Å²) >= 11 is 0. The highest BCUT2D eigenvalue weighted by molar-refractivity contribution is 5.88. The van der Waals surface area contributed by atoms with Gasteiger partial charge in [-0.3, -0.25) is 14.5 Å². The Bertz CT molecular complexity index is 955. The van der Waals surface area contributed by atoms with Crippen molar-refractivity contribution in [2.45, 2.75) is 58.7 Å². The fourth-order valence-corrected chi connectivity index (χ4v) is 4.86. The Morgan fingerprint density at radius 1 is 0.969 bits per heavy atom. The highest BCUT2D eigenvalue weighted by atomic mass is 16.2. The van der Waals surface area contributed by atoms with Crippen molar-refractivity contribution in [2.24, 2.45) is 5.92 Å². The lowest BCUT2D eigenvalue weighted by atomic mass is 9.92. The van der Waals surface area contributed by atoms with Crippen molar-refractivity contribution in [3.8, 4) is 0 Å². The van der Waals surface area contributed by atoms with Gasteiger partial charge in [-0.25, -0.2) is 0 Å². The zero-order valence-electron chi connectivity index (χ0n) is 19.3. The van der Waals surface area contributed by atoms with Crippen LogP contribution in [-0.4, -0.2) is 47.3 Å². The molecule has 0 fully saturated rings. The molecule has 0 radical (unpaired) electrons. The van der Waals surface area contributed by atoms with Gasteiger partial charge in [-0.2, -0.15) is 0 Å². The molecule has 32 heavy (non-hydrogen) atoms. The highest BCUT2D eigenvalue weighted by Gasteiger charge is 2.34. The Labute approximate surface area is 191 Å². The molecule has 2 aromatic carbocycles. The molecule has 170 valence electrons. The van der Waals surface area contributed by atoms with Crippen LogP contribution in [0.4, 0.5) is 0 Å². The molecule has 2 aliphatic rings. The first-order valence-corrected chi connectivity index (χ1v) is 11.9. The molecule has 2 aliphatic heterocycles. The van der Waals surface area contributed by atoms with Crippen LogP contribution in [0, 0.1) is 5.92 Å². The first kappa shape index (κ1) is 22.5. The maximum absolute atomic E-state index is 13.1. The average Bonchev–Trinajstić information content (AvgIpc) is 2.80. The van der Waals surface area contributed by atoms with Gasteiger partial charge in [0.05, 0.1) is 0 Å². The lowest BCUT2D eigenvalue weighted by molar-refractivity contribution is -0.142. The van der Waals surface area contributed by atoms with Crippen molar-refractivity contribution in [3.63, 3.8) is 0 Å². The van der Waals surface area contributed by atoms with Gasteiger partial charge in [0, 0.05) is 45.6 Å². The first-order valence-electron chi connectivity index (χ1n) is 11.9. The van der Waals surface area contributed by atoms with E-state index in [1.807, 2.05) is 26.0 Å². The van der Waals surface area contributed by atoms with Gasteiger partial charge in [0.1, 0.15) is 6.04 Å². The molecule has 2 amide bonds. The summed E-state index contributed by atoms with van der Waals surface area (Å²) < 4.78 is 0. The molecule has 2 heterocycles. The standard InChI is InChI=1S/C27H35N3O2/c1-20(2)16-26(31)30-19-24-11-6-4-9-22(24)17-25(30)27(32)28-13-7-14-29-15-12-21-8-3-5-10-23(21)18-29/h3-6,8-11,20,25H,7,12-19H2,1-2H3,(H,28,32). The second-order valence-corrected chi connectivity index (χ2v) is 9.55. The monoisotopic (exact) mass is 433 g/mol. The fraction of sp³-hybridized carbons (Fsp3) is 0.481. The van der Waals surface area contributed by atoms with Crippen molar-refractivity contribution < 1.29 is 9.59 Å². The topological polar surface area (TPSA) is 52.7 Å². The number of nitrogens with zero attached hydrogens (tertiary/aromatic N) is 2. The summed E-state index contributed by atoms with van der Waals surface area (Å²) in [6, 6.07) is 16.4. The van der Waals surface area contributed by atoms with E-state index in [4.69, 9.17) is 0 Å². The van der Waals surface area contributed by atoms with E-state index in [1.54, 1.807) is 4.90 Å². The van der Waals surface area contributed by atoms with Crippen LogP contribution in [0.1, 0.15) is 48.9 Å². The minimum absolute atomic E-state index is 0.0272. The van der Waals surface area contributed by atoms with Gasteiger partial charge in [-0.05, 0) is 41.0 Å². The third kappa shape index (κ3) is 5.39. The number of benzene rings is 2. The van der Waals surface area contributed by atoms with Crippen LogP contribution in [-0.2, 0) is 35.5 Å². The molecule has 2 aromatic rings. The maximum atomic E-state index is 13.1. The van der Waals surface area contributed by atoms with Gasteiger partial charge in [-0.15, -0.1) is 0 Å². The average molecular weight is 434 g/mol. The second-order valence-electron chi connectivity index (χ2n) is 9.55. The molecule has 0 spiro atoms. The molecule has 4 rings (SSSR count). The Balaban J connectivity index is 1.31. The van der Waals surface area contributed by atoms with Crippen LogP contribution in [0.15, 0.2) is 48.5 Å². The Morgan fingerprint density at radius 3 is 2.34 bits per heavy atom. The lowest BCUT2D eigenvalue weighted by Gasteiger charge is -2.36. The minimum atomic E-state index is -0.419. The summed E-state index contributed by atoms with van der Waals surface area (Å²) in [5, 5.41) is 3.12. The highest BCUT2D eigenvalue weighted by Crippen LogP contribution is 2.25. The number of rotatable bonds is 7. The molecule has 1 unspecified atom stereocenters. The van der Waals surface area contributed by atoms with Gasteiger partial charge in [-0.1, -0.05) is 62.4 Å². The third-order valence-electron chi connectivity index (χ3n) is 6.61. The van der Waals surface area contributed by atoms with Gasteiger partial charge < -0.3 is 10.2 Å². The summed E-state index contributed by atoms with van der Waals surface area (Å²) in [5.41, 5.74) is 5.20. The van der Waals surface area contributed by atoms with Crippen LogP contribution in [0.2, 0.25) is 0 Å². The third-order valence-corrected chi connectivity index (χ3v) is 6.61. The van der Waals surface area contributed by atoms with Crippen LogP contribution < -0.4 is 5.32 Å². The van der Waals surface area contributed by atoms with Crippen LogP contribution in [0.5, 0.6) is 0 Å². The van der Waals surface area contributed by atoms with Crippen molar-refractivity contribution >= 4 is 11.8 Å². The smallest absolute Gasteiger partial charge is 0.243 e. The van der Waals surface area contributed by atoms with E-state index in [0.717, 1.165) is 38.0 Å². The number of carbonyl (C=O) groups is 2. The Kier molecular flexibility index (Phi) is 7.26. The predicted octanol–water partition coefficient (Wildman–Crippen LogP) is 3.55. The number of nitrogens with one attached hydrogen (secondary N) is 1. The summed E-state index contributed by atoms with van der Waals surface area (Å²) in [7, 11) is 0. The molecule has 1 atom stereocenters. The largest absolute Gasteiger partial charge is 0.354 e. The van der Waals surface area contributed by atoms with Gasteiger partial charge in [0.15, 0.2) is 0 Å². The van der Waals surface area contributed by atoms with E-state index in [9.17, 15) is 9.59 Å². The lowest BCUT2D eigenvalue weighted by Crippen LogP contribution is -2.53. The number of hydrogen-bond acceptors (Lipinski definition) is 3. The van der Waals surface area contributed by atoms with E-state index < -0.39 is 6.04 Å². The molecule has 0 bridgehead atoms. The molecule has 0 saturated heterocycles. The Morgan fingerprint density at radius 2 is 1.62 bits per heavy atom. The van der Waals surface area contributed by atoms with Gasteiger partial charge in [0.25, 0.3) is 0 Å². The molecule has 0 aromatic heterocycles. The normalized spacial score (nSPS) is 18.2. The first-order chi connectivity index (χ1) is 15.5. The molecular weight excluding hydrogens is 398 g/mol. The van der Waals surface area contributed by atoms with E-state index in [1.165, 1.54) is 16.7 Å². The van der Waals surface area contributed by atoms with Crippen LogP contribution in [0.25, 0.3) is 0 Å². The zero-order valence-corrected chi connectivity index (χ0v) is 19.3. The molecule has 0 saturated carbocycles. The van der Waals surface area contributed by atoms with Gasteiger partial charge in [0.2, 0.25) is 11.8 Å². The minimum Gasteiger partial charge on any atom is -0.354 e. The summed E-state index contributed by atoms with van der Waals surface area (Å²) in [4.78, 5) is 30.3. The number of hydrogen-bond donors (Lipinski definition) is 1. The van der Waals surface area contributed by atoms with E-state index in [0.29, 0.717) is 25.9 Å². The van der Waals surface area contributed by atoms with Crippen molar-refractivity contribution in [1.29, 1.82) is 0 Å². The van der Waals surface area contributed by atoms with Crippen LogP contribution in [0.3, 0.4) is 0 Å². The fourth-order valence-electron chi connectivity index (χ4n) is 4.86. The molecule has 0 aliphatic carbocycles. The van der Waals surface area contributed by atoms with Crippen molar-refractivity contribution in [2.75, 3.05) is 19.6 Å². The SMILES string of the molecule is CC(C)CC(=O)N1Cc2ccccc2CC1C(=O)NCCCN1CCc2ccccc2C1. The van der Waals surface area contributed by atoms with Crippen molar-refractivity contribution in [1.82, 2.24) is 15.1 Å². The number of carbonyl (C=O) groups excluding carboxylic acids is 2. The van der Waals surface area contributed by atoms with Gasteiger partial charge >= 0.3 is 0 Å². The molecule has 1 N–H and O–H groups in total. The second kappa shape index (κ2) is 10.3. The quantitative estimate of drug-likeness (QED) is 0.680. The molecular formula is C27H35N3O2. The van der Waals surface area contributed by atoms with E-state index in [2.05, 4.69) is 46.6 Å². The molecule has 5 heteroatoms. The maximum Gasteiger partial charge on any atom is 0.243 e. The molecule has 5 nitrogen and oxygen atoms in total. The Hall–Kier alpha value is -2.66. The van der Waals surface area contributed by atoms with Crippen molar-refractivity contribution in [3.05, 3.63) is 70.8 Å². The summed E-state index contributed by atoms with van der Waals surface area (Å²) in [6.45, 7) is 8.28. The van der Waals surface area contributed by atoms with E-state index >= 15 is 0 Å². The zero-order chi connectivity index (χ0) is 22.5. The number of fused-ring (bicyclic) bond motifs is 2. The summed E-state index contributed by atoms with van der Waals surface area (Å²) in [5.74, 6) is 0.320. The van der Waals surface area contributed by atoms with E-state index in [-0.39, 0.29) is 17.7 Å². The predicted molar refractivity (Wildman–Crippen MR) is 127 cm³/mol. The number of amides is 2. The van der Waals surface area contributed by atoms with Crippen LogP contribution >= 0.6 is 0 Å². The summed E-state index contributed by atoms with van der Waals surface area (Å²) in [6.07, 6.45) is 3.07.